The number of benzene rings is 1. The van der Waals surface area contributed by atoms with Crippen LogP contribution in [0.5, 0.6) is 0 Å². The number of nitrogens with zero attached hydrogens (tertiary/aromatic N) is 4. The number of para-hydroxylation sites is 1. The Hall–Kier alpha value is -1.13. The van der Waals surface area contributed by atoms with Crippen LogP contribution in [0.3, 0.4) is 0 Å². The maximum absolute atomic E-state index is 5.78. The Morgan fingerprint density at radius 3 is 2.58 bits per heavy atom. The first-order chi connectivity index (χ1) is 5.88. The Balaban J connectivity index is 2.25. The molecule has 1 aromatic carbocycles. The average molecular weight is 183 g/mol. The second-order valence-electron chi connectivity index (χ2n) is 2.33. The number of hydrogen-bond donors (Lipinski definition) is 0. The van der Waals surface area contributed by atoms with E-state index in [2.05, 4.69) is 10.3 Å². The van der Waals surface area contributed by atoms with Crippen LogP contribution in [0.1, 0.15) is 0 Å². The monoisotopic (exact) mass is 182 g/mol. The van der Waals surface area contributed by atoms with Crippen LogP contribution >= 0.6 is 11.8 Å². The van der Waals surface area contributed by atoms with E-state index in [9.17, 15) is 0 Å². The molecule has 0 N–H and O–H groups in total. The Labute approximate surface area is 75.1 Å². The van der Waals surface area contributed by atoms with Gasteiger partial charge >= 0.3 is 0 Å². The van der Waals surface area contributed by atoms with E-state index in [1.54, 1.807) is 5.12 Å². The highest BCUT2D eigenvalue weighted by atomic mass is 35.5. The fourth-order valence-corrected chi connectivity index (χ4v) is 1.15. The minimum absolute atomic E-state index is 0.399. The third-order valence-corrected chi connectivity index (χ3v) is 1.77. The van der Waals surface area contributed by atoms with E-state index in [1.165, 1.54) is 4.53 Å². The molecule has 0 amide bonds. The number of halogens is 1. The lowest BCUT2D eigenvalue weighted by Gasteiger charge is -2.16. The van der Waals surface area contributed by atoms with Gasteiger partial charge in [-0.05, 0) is 12.1 Å². The van der Waals surface area contributed by atoms with Gasteiger partial charge in [0.25, 0.3) is 0 Å². The molecule has 62 valence electrons. The molecule has 1 heterocycles. The first-order valence-electron chi connectivity index (χ1n) is 3.54. The second kappa shape index (κ2) is 3.08. The Bertz CT molecular complexity index is 287. The van der Waals surface area contributed by atoms with Crippen LogP contribution in [-0.2, 0) is 0 Å². The Kier molecular flexibility index (Phi) is 1.93. The molecule has 0 saturated carbocycles. The van der Waals surface area contributed by atoms with E-state index in [4.69, 9.17) is 11.8 Å². The van der Waals surface area contributed by atoms with Crippen molar-refractivity contribution in [3.8, 4) is 0 Å². The fraction of sp³-hybridized carbons (Fsp3) is 0.143. The van der Waals surface area contributed by atoms with E-state index in [-0.39, 0.29) is 0 Å². The Morgan fingerprint density at radius 2 is 2.00 bits per heavy atom. The number of rotatable bonds is 1. The van der Waals surface area contributed by atoms with Crippen LogP contribution in [0.15, 0.2) is 40.7 Å². The van der Waals surface area contributed by atoms with Gasteiger partial charge in [0.15, 0.2) is 6.67 Å². The van der Waals surface area contributed by atoms with Crippen molar-refractivity contribution in [2.24, 2.45) is 10.3 Å². The van der Waals surface area contributed by atoms with E-state index in [0.29, 0.717) is 6.67 Å². The zero-order valence-electron chi connectivity index (χ0n) is 6.26. The molecule has 0 fully saturated rings. The lowest BCUT2D eigenvalue weighted by Crippen LogP contribution is -2.25. The van der Waals surface area contributed by atoms with Crippen molar-refractivity contribution in [2.75, 3.05) is 11.8 Å². The summed E-state index contributed by atoms with van der Waals surface area (Å²) < 4.78 is 1.41. The Morgan fingerprint density at radius 1 is 1.25 bits per heavy atom. The van der Waals surface area contributed by atoms with E-state index in [0.717, 1.165) is 5.69 Å². The van der Waals surface area contributed by atoms with Crippen LogP contribution in [-0.4, -0.2) is 11.2 Å². The molecule has 0 bridgehead atoms. The predicted octanol–water partition coefficient (Wildman–Crippen LogP) is 2.20. The summed E-state index contributed by atoms with van der Waals surface area (Å²) in [6.07, 6.45) is 0. The summed E-state index contributed by atoms with van der Waals surface area (Å²) in [5.41, 5.74) is 0.911. The fourth-order valence-electron chi connectivity index (χ4n) is 0.982. The maximum Gasteiger partial charge on any atom is 0.150 e. The largest absolute Gasteiger partial charge is 0.159 e. The SMILES string of the molecule is ClN1CN=NN1c1ccccc1. The van der Waals surface area contributed by atoms with Crippen molar-refractivity contribution in [3.63, 3.8) is 0 Å². The van der Waals surface area contributed by atoms with Crippen molar-refractivity contribution >= 4 is 17.5 Å². The van der Waals surface area contributed by atoms with Crippen molar-refractivity contribution in [1.29, 1.82) is 0 Å². The van der Waals surface area contributed by atoms with Crippen LogP contribution in [0, 0.1) is 0 Å². The van der Waals surface area contributed by atoms with Gasteiger partial charge in [0.05, 0.1) is 5.69 Å². The van der Waals surface area contributed by atoms with Crippen molar-refractivity contribution in [1.82, 2.24) is 4.53 Å². The zero-order valence-corrected chi connectivity index (χ0v) is 7.02. The molecule has 5 heteroatoms. The first kappa shape index (κ1) is 7.52. The highest BCUT2D eigenvalue weighted by Gasteiger charge is 2.17. The van der Waals surface area contributed by atoms with Crippen LogP contribution in [0.4, 0.5) is 5.69 Å². The van der Waals surface area contributed by atoms with Crippen molar-refractivity contribution < 1.29 is 0 Å². The molecule has 1 aliphatic rings. The minimum atomic E-state index is 0.399. The third kappa shape index (κ3) is 1.26. The van der Waals surface area contributed by atoms with Crippen molar-refractivity contribution in [3.05, 3.63) is 30.3 Å². The van der Waals surface area contributed by atoms with Gasteiger partial charge in [0, 0.05) is 11.8 Å². The number of hydrogen-bond acceptors (Lipinski definition) is 4. The van der Waals surface area contributed by atoms with Crippen LogP contribution < -0.4 is 5.12 Å². The highest BCUT2D eigenvalue weighted by Crippen LogP contribution is 2.21. The van der Waals surface area contributed by atoms with E-state index >= 15 is 0 Å². The van der Waals surface area contributed by atoms with Crippen molar-refractivity contribution in [2.45, 2.75) is 0 Å². The second-order valence-corrected chi connectivity index (χ2v) is 2.72. The molecule has 0 radical (unpaired) electrons. The lowest BCUT2D eigenvalue weighted by molar-refractivity contribution is 0.499. The number of hydrazine groups is 1. The molecule has 12 heavy (non-hydrogen) atoms. The van der Waals surface area contributed by atoms with Gasteiger partial charge in [0.1, 0.15) is 0 Å². The quantitative estimate of drug-likeness (QED) is 0.624. The van der Waals surface area contributed by atoms with Gasteiger partial charge in [-0.25, -0.2) is 0 Å². The van der Waals surface area contributed by atoms with Gasteiger partial charge in [-0.2, -0.15) is 10.2 Å². The van der Waals surface area contributed by atoms with Gasteiger partial charge in [0.2, 0.25) is 0 Å². The lowest BCUT2D eigenvalue weighted by atomic mass is 10.3. The third-order valence-electron chi connectivity index (χ3n) is 1.52. The molecule has 0 saturated heterocycles. The molecular weight excluding hydrogens is 176 g/mol. The van der Waals surface area contributed by atoms with Gasteiger partial charge in [-0.1, -0.05) is 28.0 Å². The topological polar surface area (TPSA) is 31.2 Å². The maximum atomic E-state index is 5.78. The molecule has 0 unspecified atom stereocenters. The number of anilines is 1. The summed E-state index contributed by atoms with van der Waals surface area (Å²) in [7, 11) is 0. The molecule has 4 nitrogen and oxygen atoms in total. The molecule has 0 spiro atoms. The normalized spacial score (nSPS) is 17.2. The molecule has 2 rings (SSSR count). The molecular formula is C7H7ClN4. The standard InChI is InChI=1S/C7H7ClN4/c8-11-6-9-10-12(11)7-4-2-1-3-5-7/h1-5H,6H2. The minimum Gasteiger partial charge on any atom is -0.159 e. The summed E-state index contributed by atoms with van der Waals surface area (Å²) in [5.74, 6) is 0. The van der Waals surface area contributed by atoms with E-state index < -0.39 is 0 Å². The van der Waals surface area contributed by atoms with Gasteiger partial charge < -0.3 is 0 Å². The van der Waals surface area contributed by atoms with Gasteiger partial charge in [-0.3, -0.25) is 0 Å². The highest BCUT2D eigenvalue weighted by molar-refractivity contribution is 6.14. The van der Waals surface area contributed by atoms with Crippen LogP contribution in [0.25, 0.3) is 0 Å². The smallest absolute Gasteiger partial charge is 0.150 e. The summed E-state index contributed by atoms with van der Waals surface area (Å²) in [5, 5.41) is 9.15. The van der Waals surface area contributed by atoms with Gasteiger partial charge in [-0.15, -0.1) is 0 Å². The van der Waals surface area contributed by atoms with Crippen LogP contribution in [0.2, 0.25) is 0 Å². The zero-order chi connectivity index (χ0) is 8.39. The molecule has 1 aliphatic heterocycles. The average Bonchev–Trinajstić information content (AvgIpc) is 2.53. The first-order valence-corrected chi connectivity index (χ1v) is 3.87. The summed E-state index contributed by atoms with van der Waals surface area (Å²) in [6, 6.07) is 9.62. The summed E-state index contributed by atoms with van der Waals surface area (Å²) >= 11 is 5.78. The predicted molar refractivity (Wildman–Crippen MR) is 46.3 cm³/mol. The van der Waals surface area contributed by atoms with E-state index in [1.807, 2.05) is 30.3 Å². The molecule has 0 atom stereocenters. The summed E-state index contributed by atoms with van der Waals surface area (Å²) in [6.45, 7) is 0.399. The molecule has 1 aromatic rings. The molecule has 0 aromatic heterocycles. The summed E-state index contributed by atoms with van der Waals surface area (Å²) in [4.78, 5) is 0. The molecule has 0 aliphatic carbocycles.